The predicted molar refractivity (Wildman–Crippen MR) is 60.7 cm³/mol. The van der Waals surface area contributed by atoms with Gasteiger partial charge in [0.1, 0.15) is 0 Å². The van der Waals surface area contributed by atoms with Crippen molar-refractivity contribution in [1.29, 1.82) is 0 Å². The third kappa shape index (κ3) is 2.61. The second-order valence-corrected chi connectivity index (χ2v) is 4.24. The van der Waals surface area contributed by atoms with Gasteiger partial charge < -0.3 is 15.2 Å². The maximum Gasteiger partial charge on any atom is 0.243 e. The highest BCUT2D eigenvalue weighted by molar-refractivity contribution is 7.97. The monoisotopic (exact) mass is 239 g/mol. The van der Waals surface area contributed by atoms with E-state index in [0.717, 1.165) is 11.4 Å². The van der Waals surface area contributed by atoms with Crippen molar-refractivity contribution in [2.75, 3.05) is 6.26 Å². The van der Waals surface area contributed by atoms with Crippen LogP contribution in [-0.4, -0.2) is 26.4 Å². The summed E-state index contributed by atoms with van der Waals surface area (Å²) in [7, 11) is 0. The Morgan fingerprint density at radius 3 is 3.19 bits per heavy atom. The Labute approximate surface area is 97.0 Å². The van der Waals surface area contributed by atoms with E-state index < -0.39 is 0 Å². The summed E-state index contributed by atoms with van der Waals surface area (Å²) < 4.78 is 5.09. The molecular weight excluding hydrogens is 226 g/mol. The number of aromatic amines is 1. The summed E-state index contributed by atoms with van der Waals surface area (Å²) in [6.07, 6.45) is 5.95. The summed E-state index contributed by atoms with van der Waals surface area (Å²) in [6.45, 7) is 0. The lowest BCUT2D eigenvalue weighted by atomic mass is 10.2. The molecule has 2 aromatic heterocycles. The van der Waals surface area contributed by atoms with Crippen LogP contribution >= 0.6 is 11.8 Å². The van der Waals surface area contributed by atoms with Crippen molar-refractivity contribution < 1.29 is 4.52 Å². The van der Waals surface area contributed by atoms with Crippen LogP contribution in [0.4, 0.5) is 0 Å². The van der Waals surface area contributed by atoms with E-state index in [-0.39, 0.29) is 6.04 Å². The first-order valence-corrected chi connectivity index (χ1v) is 6.23. The van der Waals surface area contributed by atoms with E-state index in [1.807, 2.05) is 6.26 Å². The van der Waals surface area contributed by atoms with Crippen molar-refractivity contribution in [3.8, 4) is 0 Å². The lowest BCUT2D eigenvalue weighted by Crippen LogP contribution is -2.14. The second-order valence-electron chi connectivity index (χ2n) is 3.37. The van der Waals surface area contributed by atoms with Crippen LogP contribution in [0.5, 0.6) is 0 Å². The van der Waals surface area contributed by atoms with Gasteiger partial charge in [0.15, 0.2) is 5.82 Å². The third-order valence-electron chi connectivity index (χ3n) is 2.07. The minimum Gasteiger partial charge on any atom is -0.348 e. The Bertz CT molecular complexity index is 427. The van der Waals surface area contributed by atoms with Gasteiger partial charge in [-0.1, -0.05) is 5.16 Å². The van der Waals surface area contributed by atoms with Gasteiger partial charge in [-0.2, -0.15) is 16.7 Å². The Kier molecular flexibility index (Phi) is 3.58. The molecule has 86 valence electrons. The van der Waals surface area contributed by atoms with Gasteiger partial charge in [-0.3, -0.25) is 0 Å². The highest BCUT2D eigenvalue weighted by Crippen LogP contribution is 2.14. The first-order valence-electron chi connectivity index (χ1n) is 4.84. The molecule has 0 amide bonds. The van der Waals surface area contributed by atoms with Gasteiger partial charge >= 0.3 is 0 Å². The molecule has 6 nitrogen and oxygen atoms in total. The Morgan fingerprint density at radius 2 is 2.50 bits per heavy atom. The van der Waals surface area contributed by atoms with Crippen LogP contribution in [0.2, 0.25) is 0 Å². The van der Waals surface area contributed by atoms with E-state index in [1.54, 1.807) is 24.3 Å². The number of nitrogens with zero attached hydrogens (tertiary/aromatic N) is 3. The maximum atomic E-state index is 5.94. The van der Waals surface area contributed by atoms with Crippen LogP contribution in [0.1, 0.15) is 23.5 Å². The number of nitrogens with one attached hydrogen (secondary N) is 1. The molecule has 0 saturated heterocycles. The second kappa shape index (κ2) is 5.13. The molecule has 0 unspecified atom stereocenters. The molecular formula is C9H13N5OS. The summed E-state index contributed by atoms with van der Waals surface area (Å²) in [5, 5.41) is 3.84. The molecule has 0 saturated carbocycles. The van der Waals surface area contributed by atoms with Gasteiger partial charge in [0.2, 0.25) is 5.89 Å². The molecule has 0 spiro atoms. The third-order valence-corrected chi connectivity index (χ3v) is 2.62. The van der Waals surface area contributed by atoms with Crippen molar-refractivity contribution >= 4 is 11.8 Å². The lowest BCUT2D eigenvalue weighted by Gasteiger charge is -2.03. The van der Waals surface area contributed by atoms with Crippen LogP contribution in [0, 0.1) is 0 Å². The van der Waals surface area contributed by atoms with E-state index in [2.05, 4.69) is 20.1 Å². The standard InChI is InChI=1S/C9H13N5OS/c1-16-4-8-13-9(15-14-8)7(10)2-6-3-11-5-12-6/h3,5,7H,2,4,10H2,1H3,(H,11,12)/t7-/m1/s1. The lowest BCUT2D eigenvalue weighted by molar-refractivity contribution is 0.350. The minimum absolute atomic E-state index is 0.288. The molecule has 2 rings (SSSR count). The van der Waals surface area contributed by atoms with E-state index in [4.69, 9.17) is 10.3 Å². The topological polar surface area (TPSA) is 93.6 Å². The quantitative estimate of drug-likeness (QED) is 0.805. The van der Waals surface area contributed by atoms with Crippen LogP contribution in [0.3, 0.4) is 0 Å². The molecule has 2 aromatic rings. The SMILES string of the molecule is CSCc1noc([C@H](N)Cc2cnc[nH]2)n1. The Hall–Kier alpha value is -1.34. The number of imidazole rings is 1. The summed E-state index contributed by atoms with van der Waals surface area (Å²) >= 11 is 1.64. The average molecular weight is 239 g/mol. The fourth-order valence-electron chi connectivity index (χ4n) is 1.33. The molecule has 3 N–H and O–H groups in total. The largest absolute Gasteiger partial charge is 0.348 e. The zero-order valence-electron chi connectivity index (χ0n) is 8.88. The summed E-state index contributed by atoms with van der Waals surface area (Å²) in [6, 6.07) is -0.288. The van der Waals surface area contributed by atoms with Crippen molar-refractivity contribution in [2.45, 2.75) is 18.2 Å². The normalized spacial score (nSPS) is 12.9. The number of aromatic nitrogens is 4. The number of thioether (sulfide) groups is 1. The first kappa shape index (κ1) is 11.2. The molecule has 16 heavy (non-hydrogen) atoms. The highest BCUT2D eigenvalue weighted by Gasteiger charge is 2.15. The van der Waals surface area contributed by atoms with Crippen LogP contribution in [0.25, 0.3) is 0 Å². The molecule has 0 bridgehead atoms. The fraction of sp³-hybridized carbons (Fsp3) is 0.444. The number of H-pyrrole nitrogens is 1. The Balaban J connectivity index is 2.00. The smallest absolute Gasteiger partial charge is 0.243 e. The molecule has 0 fully saturated rings. The molecule has 0 radical (unpaired) electrons. The van der Waals surface area contributed by atoms with Crippen LogP contribution in [-0.2, 0) is 12.2 Å². The van der Waals surface area contributed by atoms with Gasteiger partial charge in [-0.05, 0) is 6.26 Å². The molecule has 1 atom stereocenters. The highest BCUT2D eigenvalue weighted by atomic mass is 32.2. The minimum atomic E-state index is -0.288. The number of rotatable bonds is 5. The predicted octanol–water partition coefficient (Wildman–Crippen LogP) is 0.898. The zero-order valence-corrected chi connectivity index (χ0v) is 9.70. The molecule has 0 aromatic carbocycles. The summed E-state index contributed by atoms with van der Waals surface area (Å²) in [5.41, 5.74) is 6.90. The van der Waals surface area contributed by atoms with Gasteiger partial charge in [-0.15, -0.1) is 0 Å². The molecule has 0 aliphatic heterocycles. The molecule has 0 aliphatic carbocycles. The maximum absolute atomic E-state index is 5.94. The van der Waals surface area contributed by atoms with Gasteiger partial charge in [0.05, 0.1) is 18.1 Å². The molecule has 7 heteroatoms. The summed E-state index contributed by atoms with van der Waals surface area (Å²) in [4.78, 5) is 11.1. The number of hydrogen-bond acceptors (Lipinski definition) is 6. The van der Waals surface area contributed by atoms with Crippen molar-refractivity contribution in [3.05, 3.63) is 29.9 Å². The zero-order chi connectivity index (χ0) is 11.4. The summed E-state index contributed by atoms with van der Waals surface area (Å²) in [5.74, 6) is 1.89. The van der Waals surface area contributed by atoms with Crippen molar-refractivity contribution in [1.82, 2.24) is 20.1 Å². The van der Waals surface area contributed by atoms with Crippen molar-refractivity contribution in [3.63, 3.8) is 0 Å². The van der Waals surface area contributed by atoms with Crippen LogP contribution in [0.15, 0.2) is 17.0 Å². The number of nitrogens with two attached hydrogens (primary N) is 1. The Morgan fingerprint density at radius 1 is 1.62 bits per heavy atom. The molecule has 2 heterocycles. The van der Waals surface area contributed by atoms with Gasteiger partial charge in [-0.25, -0.2) is 4.98 Å². The average Bonchev–Trinajstić information content (AvgIpc) is 2.89. The van der Waals surface area contributed by atoms with E-state index in [9.17, 15) is 0 Å². The number of hydrogen-bond donors (Lipinski definition) is 2. The van der Waals surface area contributed by atoms with E-state index in [1.165, 1.54) is 0 Å². The van der Waals surface area contributed by atoms with E-state index in [0.29, 0.717) is 18.1 Å². The van der Waals surface area contributed by atoms with Crippen molar-refractivity contribution in [2.24, 2.45) is 5.73 Å². The van der Waals surface area contributed by atoms with Gasteiger partial charge in [0.25, 0.3) is 0 Å². The molecule has 0 aliphatic rings. The fourth-order valence-corrected chi connectivity index (χ4v) is 1.70. The van der Waals surface area contributed by atoms with Gasteiger partial charge in [0, 0.05) is 18.3 Å². The van der Waals surface area contributed by atoms with Crippen LogP contribution < -0.4 is 5.73 Å². The first-order chi connectivity index (χ1) is 7.79. The van der Waals surface area contributed by atoms with E-state index >= 15 is 0 Å².